The van der Waals surface area contributed by atoms with E-state index in [2.05, 4.69) is 11.1 Å². The summed E-state index contributed by atoms with van der Waals surface area (Å²) in [6.45, 7) is 4.91. The highest BCUT2D eigenvalue weighted by atomic mass is 32.2. The molecule has 1 aromatic carbocycles. The Hall–Kier alpha value is -3.05. The Kier molecular flexibility index (Phi) is 4.36. The van der Waals surface area contributed by atoms with Gasteiger partial charge in [-0.2, -0.15) is 5.26 Å². The van der Waals surface area contributed by atoms with E-state index < -0.39 is 14.6 Å². The predicted octanol–water partition coefficient (Wildman–Crippen LogP) is 3.04. The largest absolute Gasteiger partial charge is 0.495 e. The molecule has 0 aliphatic carbocycles. The van der Waals surface area contributed by atoms with E-state index in [4.69, 9.17) is 10.5 Å². The summed E-state index contributed by atoms with van der Waals surface area (Å²) < 4.78 is 32.0. The van der Waals surface area contributed by atoms with Gasteiger partial charge in [0.15, 0.2) is 9.84 Å². The van der Waals surface area contributed by atoms with E-state index in [0.717, 1.165) is 0 Å². The van der Waals surface area contributed by atoms with Crippen molar-refractivity contribution >= 4 is 21.2 Å². The molecule has 0 fully saturated rings. The summed E-state index contributed by atoms with van der Waals surface area (Å²) in [5.74, 6) is 0.236. The Labute approximate surface area is 157 Å². The molecule has 3 rings (SSSR count). The van der Waals surface area contributed by atoms with Gasteiger partial charge < -0.3 is 10.5 Å². The predicted molar refractivity (Wildman–Crippen MR) is 103 cm³/mol. The number of sulfone groups is 1. The van der Waals surface area contributed by atoms with Gasteiger partial charge in [0.2, 0.25) is 0 Å². The minimum absolute atomic E-state index is 0.0775. The molecule has 0 spiro atoms. The van der Waals surface area contributed by atoms with E-state index in [-0.39, 0.29) is 10.6 Å². The minimum Gasteiger partial charge on any atom is -0.495 e. The summed E-state index contributed by atoms with van der Waals surface area (Å²) in [5.41, 5.74) is 8.56. The molecule has 0 unspecified atom stereocenters. The lowest BCUT2D eigenvalue weighted by molar-refractivity contribution is 0.401. The zero-order valence-corrected chi connectivity index (χ0v) is 16.3. The van der Waals surface area contributed by atoms with Crippen LogP contribution >= 0.6 is 0 Å². The molecule has 0 saturated heterocycles. The molecular weight excluding hydrogens is 364 g/mol. The number of methoxy groups -OCH3 is 1. The smallest absolute Gasteiger partial charge is 0.188 e. The Bertz CT molecular complexity index is 1180. The van der Waals surface area contributed by atoms with Crippen LogP contribution in [-0.2, 0) is 9.84 Å². The van der Waals surface area contributed by atoms with Gasteiger partial charge >= 0.3 is 0 Å². The van der Waals surface area contributed by atoms with Crippen molar-refractivity contribution in [1.82, 2.24) is 9.38 Å². The third kappa shape index (κ3) is 3.11. The molecule has 0 aliphatic heterocycles. The molecule has 2 N–H and O–H groups in total. The van der Waals surface area contributed by atoms with Gasteiger partial charge in [0, 0.05) is 23.5 Å². The second kappa shape index (κ2) is 6.28. The number of ether oxygens (including phenoxy) is 1. The summed E-state index contributed by atoms with van der Waals surface area (Å²) in [4.78, 5) is 4.42. The van der Waals surface area contributed by atoms with Crippen molar-refractivity contribution in [2.24, 2.45) is 0 Å². The van der Waals surface area contributed by atoms with Gasteiger partial charge in [0.25, 0.3) is 0 Å². The van der Waals surface area contributed by atoms with E-state index in [0.29, 0.717) is 28.2 Å². The number of rotatable bonds is 3. The standard InChI is InChI=1S/C19H20N4O3S/c1-19(2,3)27(24,25)17-11-23-15(10-22-18(23)8-16(17)26-4)13-5-12(9-20)6-14(21)7-13/h5-8,10-11H,21H2,1-4H3. The first kappa shape index (κ1) is 18.7. The number of hydrogen-bond donors (Lipinski definition) is 1. The number of imidazole rings is 1. The van der Waals surface area contributed by atoms with Crippen molar-refractivity contribution in [3.8, 4) is 23.1 Å². The molecule has 2 heterocycles. The Morgan fingerprint density at radius 1 is 1.22 bits per heavy atom. The number of nitrogens with two attached hydrogens (primary N) is 1. The minimum atomic E-state index is -3.66. The van der Waals surface area contributed by atoms with Gasteiger partial charge in [-0.1, -0.05) is 0 Å². The maximum absolute atomic E-state index is 13.0. The van der Waals surface area contributed by atoms with Gasteiger partial charge in [0.05, 0.1) is 35.4 Å². The van der Waals surface area contributed by atoms with Gasteiger partial charge in [0.1, 0.15) is 16.3 Å². The first-order valence-electron chi connectivity index (χ1n) is 8.19. The third-order valence-corrected chi connectivity index (χ3v) is 6.77. The molecule has 8 heteroatoms. The molecule has 0 aliphatic rings. The molecule has 0 bridgehead atoms. The molecule has 140 valence electrons. The normalized spacial score (nSPS) is 12.1. The number of hydrogen-bond acceptors (Lipinski definition) is 6. The van der Waals surface area contributed by atoms with Gasteiger partial charge in [-0.3, -0.25) is 4.40 Å². The van der Waals surface area contributed by atoms with Crippen LogP contribution in [0.1, 0.15) is 26.3 Å². The van der Waals surface area contributed by atoms with Gasteiger partial charge in [-0.15, -0.1) is 0 Å². The zero-order chi connectivity index (χ0) is 20.0. The van der Waals surface area contributed by atoms with Crippen LogP contribution < -0.4 is 10.5 Å². The van der Waals surface area contributed by atoms with Crippen LogP contribution in [0.5, 0.6) is 5.75 Å². The summed E-state index contributed by atoms with van der Waals surface area (Å²) in [6.07, 6.45) is 3.12. The molecule has 0 saturated carbocycles. The van der Waals surface area contributed by atoms with E-state index in [9.17, 15) is 13.7 Å². The lowest BCUT2D eigenvalue weighted by atomic mass is 10.1. The summed E-state index contributed by atoms with van der Waals surface area (Å²) in [5, 5.41) is 9.18. The van der Waals surface area contributed by atoms with Gasteiger partial charge in [-0.25, -0.2) is 13.4 Å². The fourth-order valence-corrected chi connectivity index (χ4v) is 4.07. The maximum Gasteiger partial charge on any atom is 0.188 e. The monoisotopic (exact) mass is 384 g/mol. The van der Waals surface area contributed by atoms with Crippen molar-refractivity contribution in [2.75, 3.05) is 12.8 Å². The molecule has 0 radical (unpaired) electrons. The average molecular weight is 384 g/mol. The van der Waals surface area contributed by atoms with Gasteiger partial charge in [-0.05, 0) is 39.0 Å². The Balaban J connectivity index is 2.33. The lowest BCUT2D eigenvalue weighted by Gasteiger charge is -2.21. The quantitative estimate of drug-likeness (QED) is 0.695. The van der Waals surface area contributed by atoms with Crippen molar-refractivity contribution in [1.29, 1.82) is 5.26 Å². The third-order valence-electron chi connectivity index (χ3n) is 4.27. The Morgan fingerprint density at radius 3 is 2.52 bits per heavy atom. The van der Waals surface area contributed by atoms with Crippen LogP contribution in [0.25, 0.3) is 16.9 Å². The number of pyridine rings is 1. The van der Waals surface area contributed by atoms with E-state index in [1.54, 1.807) is 55.6 Å². The number of anilines is 1. The van der Waals surface area contributed by atoms with E-state index in [1.165, 1.54) is 13.3 Å². The van der Waals surface area contributed by atoms with Crippen molar-refractivity contribution in [3.05, 3.63) is 42.2 Å². The highest BCUT2D eigenvalue weighted by Crippen LogP contribution is 2.34. The number of benzene rings is 1. The molecule has 27 heavy (non-hydrogen) atoms. The zero-order valence-electron chi connectivity index (χ0n) is 15.5. The molecule has 2 aromatic heterocycles. The van der Waals surface area contributed by atoms with Crippen LogP contribution in [0, 0.1) is 11.3 Å². The number of nitrogens with zero attached hydrogens (tertiary/aromatic N) is 3. The molecule has 0 amide bonds. The van der Waals surface area contributed by atoms with Crippen LogP contribution in [0.2, 0.25) is 0 Å². The number of fused-ring (bicyclic) bond motifs is 1. The number of nitriles is 1. The fraction of sp³-hybridized carbons (Fsp3) is 0.263. The number of nitrogen functional groups attached to an aromatic ring is 1. The second-order valence-corrected chi connectivity index (χ2v) is 9.82. The number of aromatic nitrogens is 2. The Morgan fingerprint density at radius 2 is 1.93 bits per heavy atom. The van der Waals surface area contributed by atoms with Crippen LogP contribution in [0.4, 0.5) is 5.69 Å². The van der Waals surface area contributed by atoms with E-state index in [1.807, 2.05) is 0 Å². The van der Waals surface area contributed by atoms with Crippen LogP contribution in [0.15, 0.2) is 41.6 Å². The molecular formula is C19H20N4O3S. The topological polar surface area (TPSA) is 110 Å². The summed E-state index contributed by atoms with van der Waals surface area (Å²) >= 11 is 0. The first-order chi connectivity index (χ1) is 12.6. The molecule has 3 aromatic rings. The van der Waals surface area contributed by atoms with Crippen LogP contribution in [0.3, 0.4) is 0 Å². The van der Waals surface area contributed by atoms with E-state index >= 15 is 0 Å². The second-order valence-electron chi connectivity index (χ2n) is 7.15. The first-order valence-corrected chi connectivity index (χ1v) is 9.67. The van der Waals surface area contributed by atoms with Crippen LogP contribution in [-0.4, -0.2) is 29.7 Å². The fourth-order valence-electron chi connectivity index (χ4n) is 2.76. The molecule has 0 atom stereocenters. The highest BCUT2D eigenvalue weighted by molar-refractivity contribution is 7.92. The average Bonchev–Trinajstić information content (AvgIpc) is 3.01. The van der Waals surface area contributed by atoms with Crippen molar-refractivity contribution in [3.63, 3.8) is 0 Å². The SMILES string of the molecule is COc1cc2ncc(-c3cc(N)cc(C#N)c3)n2cc1S(=O)(=O)C(C)(C)C. The summed E-state index contributed by atoms with van der Waals surface area (Å²) in [6, 6.07) is 8.62. The van der Waals surface area contributed by atoms with Crippen molar-refractivity contribution in [2.45, 2.75) is 30.4 Å². The van der Waals surface area contributed by atoms with Crippen molar-refractivity contribution < 1.29 is 13.2 Å². The molecule has 7 nitrogen and oxygen atoms in total. The summed E-state index contributed by atoms with van der Waals surface area (Å²) in [7, 11) is -2.23. The highest BCUT2D eigenvalue weighted by Gasteiger charge is 2.34. The maximum atomic E-state index is 13.0. The lowest BCUT2D eigenvalue weighted by Crippen LogP contribution is -2.28.